The lowest BCUT2D eigenvalue weighted by molar-refractivity contribution is -0.566. The van der Waals surface area contributed by atoms with Gasteiger partial charge in [-0.15, -0.1) is 0 Å². The van der Waals surface area contributed by atoms with E-state index < -0.39 is 11.2 Å². The van der Waals surface area contributed by atoms with E-state index in [4.69, 9.17) is 0 Å². The third-order valence-electron chi connectivity index (χ3n) is 1.14. The van der Waals surface area contributed by atoms with Crippen LogP contribution >= 0.6 is 0 Å². The van der Waals surface area contributed by atoms with Crippen LogP contribution < -0.4 is 0 Å². The van der Waals surface area contributed by atoms with E-state index in [9.17, 15) is 14.9 Å². The predicted octanol–water partition coefficient (Wildman–Crippen LogP) is 0.0923. The summed E-state index contributed by atoms with van der Waals surface area (Å²) in [6, 6.07) is 0. The van der Waals surface area contributed by atoms with E-state index in [0.717, 1.165) is 0 Å². The Morgan fingerprint density at radius 3 is 2.90 bits per heavy atom. The Bertz CT molecular complexity index is 198. The van der Waals surface area contributed by atoms with Crippen LogP contribution in [0.2, 0.25) is 0 Å². The SMILES string of the molecule is O=CC1=CCC([N+](=O)[O-])O1. The largest absolute Gasteiger partial charge is 0.427 e. The first-order chi connectivity index (χ1) is 4.74. The van der Waals surface area contributed by atoms with Gasteiger partial charge in [-0.05, 0) is 6.08 Å². The fourth-order valence-corrected chi connectivity index (χ4v) is 0.675. The van der Waals surface area contributed by atoms with Crippen LogP contribution in [-0.2, 0) is 9.53 Å². The van der Waals surface area contributed by atoms with Gasteiger partial charge in [0, 0.05) is 0 Å². The van der Waals surface area contributed by atoms with Crippen LogP contribution in [0.5, 0.6) is 0 Å². The molecule has 0 saturated carbocycles. The molecule has 0 saturated heterocycles. The van der Waals surface area contributed by atoms with Crippen LogP contribution in [0.15, 0.2) is 11.8 Å². The highest BCUT2D eigenvalue weighted by molar-refractivity contribution is 5.70. The van der Waals surface area contributed by atoms with Crippen LogP contribution in [0, 0.1) is 10.1 Å². The molecule has 1 atom stereocenters. The summed E-state index contributed by atoms with van der Waals surface area (Å²) < 4.78 is 4.57. The molecule has 0 radical (unpaired) electrons. The molecule has 1 aliphatic heterocycles. The first-order valence-electron chi connectivity index (χ1n) is 2.69. The minimum absolute atomic E-state index is 0.0571. The van der Waals surface area contributed by atoms with Gasteiger partial charge in [-0.2, -0.15) is 0 Å². The Balaban J connectivity index is 2.51. The summed E-state index contributed by atoms with van der Waals surface area (Å²) in [5.41, 5.74) is 0. The lowest BCUT2D eigenvalue weighted by atomic mass is 10.4. The van der Waals surface area contributed by atoms with Crippen LogP contribution in [0.25, 0.3) is 0 Å². The molecule has 0 aromatic carbocycles. The zero-order chi connectivity index (χ0) is 7.56. The van der Waals surface area contributed by atoms with Gasteiger partial charge >= 0.3 is 6.23 Å². The van der Waals surface area contributed by atoms with Crippen molar-refractivity contribution < 1.29 is 14.5 Å². The molecule has 54 valence electrons. The molecule has 0 amide bonds. The molecule has 1 heterocycles. The number of hydrogen-bond acceptors (Lipinski definition) is 4. The second-order valence-corrected chi connectivity index (χ2v) is 1.82. The van der Waals surface area contributed by atoms with Crippen LogP contribution in [-0.4, -0.2) is 17.4 Å². The standard InChI is InChI=1S/C5H5NO4/c7-3-4-1-2-5(10-4)6(8)9/h1,3,5H,2H2. The normalized spacial score (nSPS) is 23.2. The molecule has 0 aliphatic carbocycles. The van der Waals surface area contributed by atoms with Crippen molar-refractivity contribution >= 4 is 6.29 Å². The molecule has 0 N–H and O–H groups in total. The quantitative estimate of drug-likeness (QED) is 0.312. The maximum atomic E-state index is 9.99. The fraction of sp³-hybridized carbons (Fsp3) is 0.400. The van der Waals surface area contributed by atoms with E-state index >= 15 is 0 Å². The smallest absolute Gasteiger partial charge is 0.357 e. The average Bonchev–Trinajstić information content (AvgIpc) is 2.34. The van der Waals surface area contributed by atoms with Crippen molar-refractivity contribution in [3.8, 4) is 0 Å². The van der Waals surface area contributed by atoms with Crippen molar-refractivity contribution in [2.24, 2.45) is 0 Å². The number of hydrogen-bond donors (Lipinski definition) is 0. The number of rotatable bonds is 2. The third-order valence-corrected chi connectivity index (χ3v) is 1.14. The molecule has 1 unspecified atom stereocenters. The fourth-order valence-electron chi connectivity index (χ4n) is 0.675. The van der Waals surface area contributed by atoms with Crippen LogP contribution in [0.1, 0.15) is 6.42 Å². The molecule has 1 rings (SSSR count). The third kappa shape index (κ3) is 1.12. The Morgan fingerprint density at radius 2 is 2.60 bits per heavy atom. The maximum Gasteiger partial charge on any atom is 0.357 e. The molecule has 1 aliphatic rings. The van der Waals surface area contributed by atoms with Gasteiger partial charge < -0.3 is 4.74 Å². The van der Waals surface area contributed by atoms with Gasteiger partial charge in [-0.1, -0.05) is 0 Å². The summed E-state index contributed by atoms with van der Waals surface area (Å²) in [4.78, 5) is 19.4. The average molecular weight is 143 g/mol. The van der Waals surface area contributed by atoms with Gasteiger partial charge in [0.05, 0.1) is 11.3 Å². The highest BCUT2D eigenvalue weighted by Gasteiger charge is 2.26. The van der Waals surface area contributed by atoms with Gasteiger partial charge in [0.25, 0.3) is 0 Å². The molecule has 0 aromatic rings. The second-order valence-electron chi connectivity index (χ2n) is 1.82. The predicted molar refractivity (Wildman–Crippen MR) is 30.6 cm³/mol. The number of carbonyl (C=O) groups is 1. The molecule has 0 bridgehead atoms. The Labute approximate surface area is 56.4 Å². The van der Waals surface area contributed by atoms with Gasteiger partial charge in [0.2, 0.25) is 0 Å². The molecule has 0 fully saturated rings. The van der Waals surface area contributed by atoms with E-state index in [-0.39, 0.29) is 12.2 Å². The summed E-state index contributed by atoms with van der Waals surface area (Å²) in [6.07, 6.45) is 0.991. The van der Waals surface area contributed by atoms with Crippen molar-refractivity contribution in [2.45, 2.75) is 12.6 Å². The summed E-state index contributed by atoms with van der Waals surface area (Å²) in [5, 5.41) is 9.99. The summed E-state index contributed by atoms with van der Waals surface area (Å²) in [6.45, 7) is 0. The highest BCUT2D eigenvalue weighted by Crippen LogP contribution is 2.14. The number of nitro groups is 1. The molecular weight excluding hydrogens is 138 g/mol. The molecule has 0 spiro atoms. The van der Waals surface area contributed by atoms with Crippen molar-refractivity contribution in [1.82, 2.24) is 0 Å². The van der Waals surface area contributed by atoms with E-state index in [0.29, 0.717) is 6.29 Å². The molecular formula is C5H5NO4. The summed E-state index contributed by atoms with van der Waals surface area (Å²) >= 11 is 0. The van der Waals surface area contributed by atoms with Crippen molar-refractivity contribution in [2.75, 3.05) is 0 Å². The second kappa shape index (κ2) is 2.47. The number of ether oxygens (including phenoxy) is 1. The van der Waals surface area contributed by atoms with E-state index in [1.165, 1.54) is 6.08 Å². The highest BCUT2D eigenvalue weighted by atomic mass is 16.7. The zero-order valence-electron chi connectivity index (χ0n) is 5.02. The van der Waals surface area contributed by atoms with Gasteiger partial charge in [-0.25, -0.2) is 0 Å². The number of aldehydes is 1. The first kappa shape index (κ1) is 6.73. The lowest BCUT2D eigenvalue weighted by Crippen LogP contribution is -2.17. The Kier molecular flexibility index (Phi) is 1.66. The number of allylic oxidation sites excluding steroid dienone is 1. The van der Waals surface area contributed by atoms with E-state index in [1.54, 1.807) is 0 Å². The van der Waals surface area contributed by atoms with Crippen LogP contribution in [0.4, 0.5) is 0 Å². The first-order valence-corrected chi connectivity index (χ1v) is 2.69. The van der Waals surface area contributed by atoms with E-state index in [2.05, 4.69) is 4.74 Å². The van der Waals surface area contributed by atoms with Crippen molar-refractivity contribution in [1.29, 1.82) is 0 Å². The topological polar surface area (TPSA) is 69.4 Å². The number of nitrogens with zero attached hydrogens (tertiary/aromatic N) is 1. The van der Waals surface area contributed by atoms with Crippen molar-refractivity contribution in [3.05, 3.63) is 21.9 Å². The number of carbonyl (C=O) groups excluding carboxylic acids is 1. The van der Waals surface area contributed by atoms with Gasteiger partial charge in [-0.3, -0.25) is 14.9 Å². The molecule has 5 heteroatoms. The minimum atomic E-state index is -1.06. The maximum absolute atomic E-state index is 9.99. The summed E-state index contributed by atoms with van der Waals surface area (Å²) in [7, 11) is 0. The monoisotopic (exact) mass is 143 g/mol. The summed E-state index contributed by atoms with van der Waals surface area (Å²) in [5.74, 6) is 0.0571. The molecule has 0 aromatic heterocycles. The Morgan fingerprint density at radius 1 is 1.90 bits per heavy atom. The lowest BCUT2D eigenvalue weighted by Gasteiger charge is -2.00. The Hall–Kier alpha value is -1.39. The van der Waals surface area contributed by atoms with Crippen molar-refractivity contribution in [3.63, 3.8) is 0 Å². The zero-order valence-corrected chi connectivity index (χ0v) is 5.02. The van der Waals surface area contributed by atoms with Crippen LogP contribution in [0.3, 0.4) is 0 Å². The molecule has 10 heavy (non-hydrogen) atoms. The van der Waals surface area contributed by atoms with Gasteiger partial charge in [0.1, 0.15) is 0 Å². The van der Waals surface area contributed by atoms with E-state index in [1.807, 2.05) is 0 Å². The minimum Gasteiger partial charge on any atom is -0.427 e. The molecule has 5 nitrogen and oxygen atoms in total. The van der Waals surface area contributed by atoms with Gasteiger partial charge in [0.15, 0.2) is 12.0 Å².